The largest absolute Gasteiger partial charge is 0.492 e. The van der Waals surface area contributed by atoms with Crippen LogP contribution in [0.1, 0.15) is 6.42 Å². The number of ether oxygens (including phenoxy) is 2. The maximum absolute atomic E-state index is 8.46. The van der Waals surface area contributed by atoms with E-state index in [9.17, 15) is 0 Å². The first-order valence-corrected chi connectivity index (χ1v) is 4.60. The predicted octanol–water partition coefficient (Wildman–Crippen LogP) is 1.66. The first-order valence-electron chi connectivity index (χ1n) is 4.60. The molecule has 0 unspecified atom stereocenters. The zero-order chi connectivity index (χ0) is 10.6. The fraction of sp³-hybridized carbons (Fsp3) is 0.455. The van der Waals surface area contributed by atoms with Crippen molar-refractivity contribution >= 4 is 0 Å². The third-order valence-electron chi connectivity index (χ3n) is 1.38. The van der Waals surface area contributed by atoms with Crippen LogP contribution in [-0.2, 0) is 9.47 Å². The lowest BCUT2D eigenvalue weighted by Gasteiger charge is -2.05. The van der Waals surface area contributed by atoms with Crippen LogP contribution in [0.15, 0.2) is 37.1 Å². The number of hydrogen-bond acceptors (Lipinski definition) is 3. The minimum Gasteiger partial charge on any atom is -0.492 e. The average Bonchev–Trinajstić information content (AvgIpc) is 2.20. The molecule has 0 spiro atoms. The van der Waals surface area contributed by atoms with E-state index in [0.29, 0.717) is 32.0 Å². The van der Waals surface area contributed by atoms with Crippen LogP contribution >= 0.6 is 0 Å². The second kappa shape index (κ2) is 10.0. The summed E-state index contributed by atoms with van der Waals surface area (Å²) in [4.78, 5) is 0. The Morgan fingerprint density at radius 1 is 1.29 bits per heavy atom. The van der Waals surface area contributed by atoms with Gasteiger partial charge in [0.25, 0.3) is 0 Å². The molecule has 0 aromatic heterocycles. The summed E-state index contributed by atoms with van der Waals surface area (Å²) < 4.78 is 10.4. The zero-order valence-electron chi connectivity index (χ0n) is 8.45. The van der Waals surface area contributed by atoms with Crippen LogP contribution in [0, 0.1) is 0 Å². The highest BCUT2D eigenvalue weighted by molar-refractivity contribution is 5.12. The monoisotopic (exact) mass is 198 g/mol. The fourth-order valence-corrected chi connectivity index (χ4v) is 0.724. The predicted molar refractivity (Wildman–Crippen MR) is 57.0 cm³/mol. The Kier molecular flexibility index (Phi) is 9.26. The Hall–Kier alpha value is -1.06. The van der Waals surface area contributed by atoms with Gasteiger partial charge in [-0.3, -0.25) is 0 Å². The summed E-state index contributed by atoms with van der Waals surface area (Å²) in [6, 6.07) is 0. The highest BCUT2D eigenvalue weighted by Gasteiger charge is 1.90. The van der Waals surface area contributed by atoms with E-state index in [4.69, 9.17) is 14.6 Å². The lowest BCUT2D eigenvalue weighted by molar-refractivity contribution is 0.0705. The fourth-order valence-electron chi connectivity index (χ4n) is 0.724. The van der Waals surface area contributed by atoms with Crippen molar-refractivity contribution in [3.8, 4) is 0 Å². The van der Waals surface area contributed by atoms with E-state index < -0.39 is 0 Å². The van der Waals surface area contributed by atoms with Crippen LogP contribution in [0.25, 0.3) is 0 Å². The maximum atomic E-state index is 8.46. The van der Waals surface area contributed by atoms with Crippen molar-refractivity contribution in [2.45, 2.75) is 6.42 Å². The van der Waals surface area contributed by atoms with Crippen LogP contribution in [0.2, 0.25) is 0 Å². The Bertz CT molecular complexity index is 185. The lowest BCUT2D eigenvalue weighted by Crippen LogP contribution is -2.05. The first-order chi connectivity index (χ1) is 6.81. The van der Waals surface area contributed by atoms with Gasteiger partial charge in [-0.15, -0.1) is 0 Å². The smallest absolute Gasteiger partial charge is 0.112 e. The van der Waals surface area contributed by atoms with E-state index in [1.54, 1.807) is 18.2 Å². The third kappa shape index (κ3) is 9.03. The van der Waals surface area contributed by atoms with Gasteiger partial charge < -0.3 is 14.6 Å². The normalized spacial score (nSPS) is 10.4. The summed E-state index contributed by atoms with van der Waals surface area (Å²) in [7, 11) is 0. The molecule has 0 atom stereocenters. The molecule has 0 saturated heterocycles. The second-order valence-corrected chi connectivity index (χ2v) is 2.60. The van der Waals surface area contributed by atoms with Crippen molar-refractivity contribution < 1.29 is 14.6 Å². The van der Waals surface area contributed by atoms with E-state index in [0.717, 1.165) is 0 Å². The molecule has 0 aromatic carbocycles. The van der Waals surface area contributed by atoms with Gasteiger partial charge in [-0.2, -0.15) is 0 Å². The molecule has 0 heterocycles. The Morgan fingerprint density at radius 2 is 2.07 bits per heavy atom. The molecular formula is C11H18O3. The number of aliphatic hydroxyl groups excluding tert-OH is 1. The molecule has 0 fully saturated rings. The summed E-state index contributed by atoms with van der Waals surface area (Å²) in [5.74, 6) is 0.593. The van der Waals surface area contributed by atoms with Crippen molar-refractivity contribution in [2.24, 2.45) is 0 Å². The maximum Gasteiger partial charge on any atom is 0.112 e. The van der Waals surface area contributed by atoms with E-state index in [2.05, 4.69) is 13.2 Å². The molecule has 3 nitrogen and oxygen atoms in total. The highest BCUT2D eigenvalue weighted by Crippen LogP contribution is 1.95. The molecular weight excluding hydrogens is 180 g/mol. The minimum atomic E-state index is 0.162. The quantitative estimate of drug-likeness (QED) is 0.348. The zero-order valence-corrected chi connectivity index (χ0v) is 8.45. The van der Waals surface area contributed by atoms with Crippen molar-refractivity contribution in [1.29, 1.82) is 0 Å². The van der Waals surface area contributed by atoms with Gasteiger partial charge in [-0.05, 0) is 12.5 Å². The molecule has 0 saturated carbocycles. The molecule has 1 N–H and O–H groups in total. The number of allylic oxidation sites excluding steroid dienone is 3. The second-order valence-electron chi connectivity index (χ2n) is 2.60. The molecule has 14 heavy (non-hydrogen) atoms. The molecule has 0 rings (SSSR count). The summed E-state index contributed by atoms with van der Waals surface area (Å²) in [5, 5.41) is 8.46. The summed E-state index contributed by atoms with van der Waals surface area (Å²) in [6.07, 6.45) is 5.82. The van der Waals surface area contributed by atoms with Crippen molar-refractivity contribution in [3.05, 3.63) is 37.1 Å². The van der Waals surface area contributed by atoms with Crippen molar-refractivity contribution in [3.63, 3.8) is 0 Å². The molecule has 3 heteroatoms. The highest BCUT2D eigenvalue weighted by atomic mass is 16.5. The molecule has 0 amide bonds. The topological polar surface area (TPSA) is 38.7 Å². The van der Waals surface area contributed by atoms with E-state index in [1.807, 2.05) is 0 Å². The van der Waals surface area contributed by atoms with Gasteiger partial charge in [0.2, 0.25) is 0 Å². The number of rotatable bonds is 9. The van der Waals surface area contributed by atoms with Gasteiger partial charge in [0.1, 0.15) is 12.4 Å². The van der Waals surface area contributed by atoms with Crippen molar-refractivity contribution in [1.82, 2.24) is 0 Å². The van der Waals surface area contributed by atoms with E-state index in [-0.39, 0.29) is 6.61 Å². The molecule has 0 radical (unpaired) electrons. The van der Waals surface area contributed by atoms with Crippen LogP contribution in [0.4, 0.5) is 0 Å². The van der Waals surface area contributed by atoms with Gasteiger partial charge in [-0.25, -0.2) is 0 Å². The van der Waals surface area contributed by atoms with E-state index >= 15 is 0 Å². The Morgan fingerprint density at radius 3 is 2.71 bits per heavy atom. The van der Waals surface area contributed by atoms with Crippen molar-refractivity contribution in [2.75, 3.05) is 26.4 Å². The van der Waals surface area contributed by atoms with Gasteiger partial charge in [0, 0.05) is 13.2 Å². The van der Waals surface area contributed by atoms with Crippen LogP contribution in [-0.4, -0.2) is 31.5 Å². The average molecular weight is 198 g/mol. The summed E-state index contributed by atoms with van der Waals surface area (Å²) in [5.41, 5.74) is 0. The van der Waals surface area contributed by atoms with Crippen LogP contribution in [0.5, 0.6) is 0 Å². The minimum absolute atomic E-state index is 0.162. The Balaban J connectivity index is 3.23. The first kappa shape index (κ1) is 12.9. The van der Waals surface area contributed by atoms with Gasteiger partial charge in [0.15, 0.2) is 0 Å². The SMILES string of the molecule is C=C/C=C\C(=C)OCCOCCCO. The van der Waals surface area contributed by atoms with Gasteiger partial charge >= 0.3 is 0 Å². The molecule has 0 bridgehead atoms. The number of hydrogen-bond donors (Lipinski definition) is 1. The van der Waals surface area contributed by atoms with Gasteiger partial charge in [-0.1, -0.05) is 25.3 Å². The number of aliphatic hydroxyl groups is 1. The molecule has 0 aromatic rings. The standard InChI is InChI=1S/C11H18O3/c1-3-4-6-11(2)14-10-9-13-8-5-7-12/h3-4,6,12H,1-2,5,7-10H2/b6-4-. The summed E-state index contributed by atoms with van der Waals surface area (Å²) in [6.45, 7) is 8.92. The Labute approximate surface area is 85.3 Å². The van der Waals surface area contributed by atoms with Crippen LogP contribution in [0.3, 0.4) is 0 Å². The molecule has 0 aliphatic rings. The summed E-state index contributed by atoms with van der Waals surface area (Å²) >= 11 is 0. The third-order valence-corrected chi connectivity index (χ3v) is 1.38. The molecule has 0 aliphatic heterocycles. The van der Waals surface area contributed by atoms with Gasteiger partial charge in [0.05, 0.1) is 6.61 Å². The molecule has 0 aliphatic carbocycles. The van der Waals surface area contributed by atoms with Crippen LogP contribution < -0.4 is 0 Å². The molecule has 80 valence electrons. The lowest BCUT2D eigenvalue weighted by atomic mass is 10.4. The van der Waals surface area contributed by atoms with E-state index in [1.165, 1.54) is 0 Å².